The summed E-state index contributed by atoms with van der Waals surface area (Å²) in [4.78, 5) is 0. The first-order chi connectivity index (χ1) is 7.12. The van der Waals surface area contributed by atoms with E-state index in [1.165, 1.54) is 0 Å². The molecule has 0 radical (unpaired) electrons. The van der Waals surface area contributed by atoms with Crippen molar-refractivity contribution in [2.45, 2.75) is 57.6 Å². The molecule has 90 valence electrons. The number of hydrogen-bond donors (Lipinski definition) is 2. The number of nitrogens with two attached hydrogens (primary N) is 1. The van der Waals surface area contributed by atoms with Gasteiger partial charge in [-0.1, -0.05) is 13.3 Å². The lowest BCUT2D eigenvalue weighted by Gasteiger charge is -2.29. The minimum absolute atomic E-state index is 0.112. The zero-order chi connectivity index (χ0) is 11.3. The van der Waals surface area contributed by atoms with Crippen molar-refractivity contribution in [2.24, 2.45) is 11.7 Å². The maximum atomic E-state index is 9.28. The Morgan fingerprint density at radius 1 is 1.60 bits per heavy atom. The van der Waals surface area contributed by atoms with Crippen molar-refractivity contribution in [1.29, 1.82) is 0 Å². The minimum atomic E-state index is -0.335. The second-order valence-corrected chi connectivity index (χ2v) is 4.86. The monoisotopic (exact) mass is 215 g/mol. The van der Waals surface area contributed by atoms with E-state index in [4.69, 9.17) is 10.5 Å². The Morgan fingerprint density at radius 3 is 2.93 bits per heavy atom. The fourth-order valence-corrected chi connectivity index (χ4v) is 2.34. The summed E-state index contributed by atoms with van der Waals surface area (Å²) in [6, 6.07) is 0. The van der Waals surface area contributed by atoms with Crippen LogP contribution in [0.2, 0.25) is 0 Å². The van der Waals surface area contributed by atoms with E-state index in [9.17, 15) is 5.11 Å². The van der Waals surface area contributed by atoms with Crippen LogP contribution in [0, 0.1) is 5.92 Å². The molecule has 0 aromatic carbocycles. The molecule has 1 fully saturated rings. The topological polar surface area (TPSA) is 55.5 Å². The number of rotatable bonds is 6. The van der Waals surface area contributed by atoms with Gasteiger partial charge in [-0.2, -0.15) is 0 Å². The zero-order valence-electron chi connectivity index (χ0n) is 10.0. The summed E-state index contributed by atoms with van der Waals surface area (Å²) in [5, 5.41) is 9.28. The van der Waals surface area contributed by atoms with Crippen molar-refractivity contribution in [3.8, 4) is 0 Å². The number of aliphatic hydroxyl groups excluding tert-OH is 1. The van der Waals surface area contributed by atoms with E-state index >= 15 is 0 Å². The van der Waals surface area contributed by atoms with Crippen molar-refractivity contribution >= 4 is 0 Å². The largest absolute Gasteiger partial charge is 0.394 e. The van der Waals surface area contributed by atoms with Crippen LogP contribution >= 0.6 is 0 Å². The highest BCUT2D eigenvalue weighted by Gasteiger charge is 2.38. The molecule has 0 saturated heterocycles. The first kappa shape index (κ1) is 12.9. The summed E-state index contributed by atoms with van der Waals surface area (Å²) in [6.07, 6.45) is 5.62. The summed E-state index contributed by atoms with van der Waals surface area (Å²) >= 11 is 0. The zero-order valence-corrected chi connectivity index (χ0v) is 10.0. The number of hydrogen-bond acceptors (Lipinski definition) is 3. The SMILES string of the molecule is CCC(C)OCCC1CCCC1(N)CO. The van der Waals surface area contributed by atoms with Crippen LogP contribution < -0.4 is 5.73 Å². The number of ether oxygens (including phenoxy) is 1. The summed E-state index contributed by atoms with van der Waals surface area (Å²) < 4.78 is 5.65. The van der Waals surface area contributed by atoms with Crippen LogP contribution in [0.3, 0.4) is 0 Å². The maximum absolute atomic E-state index is 9.28. The van der Waals surface area contributed by atoms with E-state index in [-0.39, 0.29) is 12.1 Å². The van der Waals surface area contributed by atoms with Gasteiger partial charge in [0, 0.05) is 12.1 Å². The average Bonchev–Trinajstić information content (AvgIpc) is 2.61. The van der Waals surface area contributed by atoms with E-state index < -0.39 is 0 Å². The molecule has 3 atom stereocenters. The van der Waals surface area contributed by atoms with Crippen LogP contribution in [0.1, 0.15) is 46.0 Å². The quantitative estimate of drug-likeness (QED) is 0.709. The first-order valence-electron chi connectivity index (χ1n) is 6.13. The van der Waals surface area contributed by atoms with Gasteiger partial charge in [0.05, 0.1) is 12.7 Å². The fourth-order valence-electron chi connectivity index (χ4n) is 2.34. The highest BCUT2D eigenvalue weighted by atomic mass is 16.5. The Kier molecular flexibility index (Phi) is 5.03. The number of aliphatic hydroxyl groups is 1. The lowest BCUT2D eigenvalue weighted by atomic mass is 9.87. The molecular weight excluding hydrogens is 190 g/mol. The smallest absolute Gasteiger partial charge is 0.0613 e. The molecule has 15 heavy (non-hydrogen) atoms. The van der Waals surface area contributed by atoms with Crippen molar-refractivity contribution < 1.29 is 9.84 Å². The minimum Gasteiger partial charge on any atom is -0.394 e. The normalized spacial score (nSPS) is 33.2. The molecule has 1 rings (SSSR count). The highest BCUT2D eigenvalue weighted by molar-refractivity contribution is 4.95. The maximum Gasteiger partial charge on any atom is 0.0613 e. The average molecular weight is 215 g/mol. The van der Waals surface area contributed by atoms with Gasteiger partial charge in [0.2, 0.25) is 0 Å². The van der Waals surface area contributed by atoms with Gasteiger partial charge >= 0.3 is 0 Å². The Hall–Kier alpha value is -0.120. The molecule has 0 bridgehead atoms. The van der Waals surface area contributed by atoms with Gasteiger partial charge in [0.25, 0.3) is 0 Å². The van der Waals surface area contributed by atoms with Crippen molar-refractivity contribution in [3.05, 3.63) is 0 Å². The van der Waals surface area contributed by atoms with Gasteiger partial charge in [-0.05, 0) is 38.5 Å². The predicted molar refractivity (Wildman–Crippen MR) is 61.7 cm³/mol. The highest BCUT2D eigenvalue weighted by Crippen LogP contribution is 2.35. The third-order valence-corrected chi connectivity index (χ3v) is 3.75. The Balaban J connectivity index is 2.26. The molecule has 0 aliphatic heterocycles. The second kappa shape index (κ2) is 5.83. The van der Waals surface area contributed by atoms with Crippen LogP contribution in [-0.2, 0) is 4.74 Å². The molecule has 3 N–H and O–H groups in total. The van der Waals surface area contributed by atoms with Gasteiger partial charge in [0.1, 0.15) is 0 Å². The van der Waals surface area contributed by atoms with Gasteiger partial charge < -0.3 is 15.6 Å². The van der Waals surface area contributed by atoms with Gasteiger partial charge in [-0.3, -0.25) is 0 Å². The summed E-state index contributed by atoms with van der Waals surface area (Å²) in [5.41, 5.74) is 5.81. The standard InChI is InChI=1S/C12H25NO2/c1-3-10(2)15-8-6-11-5-4-7-12(11,13)9-14/h10-11,14H,3-9,13H2,1-2H3. The van der Waals surface area contributed by atoms with E-state index in [1.807, 2.05) is 0 Å². The molecular formula is C12H25NO2. The second-order valence-electron chi connectivity index (χ2n) is 4.86. The summed E-state index contributed by atoms with van der Waals surface area (Å²) in [6.45, 7) is 5.11. The molecule has 0 amide bonds. The molecule has 0 aromatic rings. The molecule has 3 unspecified atom stereocenters. The summed E-state index contributed by atoms with van der Waals surface area (Å²) in [5.74, 6) is 0.437. The Morgan fingerprint density at radius 2 is 2.33 bits per heavy atom. The lowest BCUT2D eigenvalue weighted by molar-refractivity contribution is 0.0441. The molecule has 3 heteroatoms. The van der Waals surface area contributed by atoms with Crippen molar-refractivity contribution in [1.82, 2.24) is 0 Å². The molecule has 1 aliphatic carbocycles. The molecule has 3 nitrogen and oxygen atoms in total. The van der Waals surface area contributed by atoms with Gasteiger partial charge in [-0.15, -0.1) is 0 Å². The fraction of sp³-hybridized carbons (Fsp3) is 1.00. The molecule has 0 aromatic heterocycles. The third kappa shape index (κ3) is 3.44. The van der Waals surface area contributed by atoms with Gasteiger partial charge in [-0.25, -0.2) is 0 Å². The lowest BCUT2D eigenvalue weighted by Crippen LogP contribution is -2.47. The summed E-state index contributed by atoms with van der Waals surface area (Å²) in [7, 11) is 0. The van der Waals surface area contributed by atoms with E-state index in [0.717, 1.165) is 38.7 Å². The van der Waals surface area contributed by atoms with Crippen molar-refractivity contribution in [2.75, 3.05) is 13.2 Å². The van der Waals surface area contributed by atoms with E-state index in [2.05, 4.69) is 13.8 Å². The molecule has 0 heterocycles. The predicted octanol–water partition coefficient (Wildman–Crippen LogP) is 1.68. The van der Waals surface area contributed by atoms with Crippen LogP contribution in [0.15, 0.2) is 0 Å². The Bertz CT molecular complexity index is 186. The van der Waals surface area contributed by atoms with Crippen LogP contribution in [0.4, 0.5) is 0 Å². The Labute approximate surface area is 93.0 Å². The van der Waals surface area contributed by atoms with Crippen LogP contribution in [0.5, 0.6) is 0 Å². The van der Waals surface area contributed by atoms with Crippen molar-refractivity contribution in [3.63, 3.8) is 0 Å². The third-order valence-electron chi connectivity index (χ3n) is 3.75. The van der Waals surface area contributed by atoms with Gasteiger partial charge in [0.15, 0.2) is 0 Å². The van der Waals surface area contributed by atoms with Crippen LogP contribution in [-0.4, -0.2) is 30.0 Å². The van der Waals surface area contributed by atoms with E-state index in [1.54, 1.807) is 0 Å². The van der Waals surface area contributed by atoms with E-state index in [0.29, 0.717) is 12.0 Å². The van der Waals surface area contributed by atoms with Crippen LogP contribution in [0.25, 0.3) is 0 Å². The first-order valence-corrected chi connectivity index (χ1v) is 6.13. The molecule has 1 saturated carbocycles. The molecule has 0 spiro atoms. The molecule has 1 aliphatic rings.